The normalized spacial score (nSPS) is 13.0. The lowest BCUT2D eigenvalue weighted by Crippen LogP contribution is -2.52. The molecule has 1 unspecified atom stereocenters. The Hall–Kier alpha value is -2.68. The molecule has 0 amide bonds. The van der Waals surface area contributed by atoms with Gasteiger partial charge in [-0.05, 0) is 42.5 Å². The molecule has 1 heterocycles. The molecule has 0 aliphatic rings. The number of esters is 1. The number of carbonyl (C=O) groups excluding carboxylic acids is 2. The molecule has 0 saturated carbocycles. The molecule has 1 atom stereocenters. The van der Waals surface area contributed by atoms with Crippen LogP contribution in [0.4, 0.5) is 0 Å². The van der Waals surface area contributed by atoms with Crippen LogP contribution in [0.15, 0.2) is 42.5 Å². The largest absolute Gasteiger partial charge is 0.464 e. The van der Waals surface area contributed by atoms with Crippen molar-refractivity contribution < 1.29 is 28.9 Å². The molecule has 0 fully saturated rings. The minimum atomic E-state index is -2.70. The van der Waals surface area contributed by atoms with Gasteiger partial charge in [-0.15, -0.1) is 0 Å². The third-order valence-corrected chi connectivity index (χ3v) is 4.92. The number of fused-ring (bicyclic) bond motifs is 1. The van der Waals surface area contributed by atoms with Crippen LogP contribution in [-0.2, 0) is 14.3 Å². The molecule has 0 bridgehead atoms. The summed E-state index contributed by atoms with van der Waals surface area (Å²) in [5.41, 5.74) is 0.769. The first-order valence-electron chi connectivity index (χ1n) is 8.23. The van der Waals surface area contributed by atoms with Crippen LogP contribution in [-0.4, -0.2) is 34.7 Å². The van der Waals surface area contributed by atoms with Crippen molar-refractivity contribution in [2.24, 2.45) is 0 Å². The SMILES string of the molecule is CCC(=O)C(O)(Oc1ccc(Oc2nc3ccc(Cl)cc3s2)cc1)C(=O)OC. The summed E-state index contributed by atoms with van der Waals surface area (Å²) in [6, 6.07) is 11.4. The van der Waals surface area contributed by atoms with Crippen LogP contribution in [0, 0.1) is 0 Å². The summed E-state index contributed by atoms with van der Waals surface area (Å²) in [4.78, 5) is 28.1. The average molecular weight is 422 g/mol. The van der Waals surface area contributed by atoms with Gasteiger partial charge in [-0.25, -0.2) is 9.78 Å². The van der Waals surface area contributed by atoms with E-state index in [4.69, 9.17) is 21.1 Å². The number of nitrogens with zero attached hydrogens (tertiary/aromatic N) is 1. The quantitative estimate of drug-likeness (QED) is 0.350. The molecular weight excluding hydrogens is 406 g/mol. The van der Waals surface area contributed by atoms with Crippen LogP contribution in [0.1, 0.15) is 13.3 Å². The highest BCUT2D eigenvalue weighted by Crippen LogP contribution is 2.33. The van der Waals surface area contributed by atoms with Crippen molar-refractivity contribution in [1.29, 1.82) is 0 Å². The zero-order chi connectivity index (χ0) is 20.3. The second-order valence-corrected chi connectivity index (χ2v) is 7.11. The zero-order valence-electron chi connectivity index (χ0n) is 15.0. The smallest absolute Gasteiger partial charge is 0.387 e. The standard InChI is InChI=1S/C19H16ClNO6S/c1-3-16(22)19(24,17(23)25-2)27-13-7-5-12(6-8-13)26-18-21-14-9-4-11(20)10-15(14)28-18/h4-10,24H,3H2,1-2H3. The number of carbonyl (C=O) groups is 2. The molecule has 28 heavy (non-hydrogen) atoms. The van der Waals surface area contributed by atoms with Gasteiger partial charge in [0.05, 0.1) is 17.3 Å². The summed E-state index contributed by atoms with van der Waals surface area (Å²) in [5, 5.41) is 11.4. The molecule has 2 aromatic carbocycles. The van der Waals surface area contributed by atoms with Crippen LogP contribution in [0.3, 0.4) is 0 Å². The number of aliphatic hydroxyl groups is 1. The highest BCUT2D eigenvalue weighted by molar-refractivity contribution is 7.20. The predicted octanol–water partition coefficient (Wildman–Crippen LogP) is 3.96. The molecule has 3 rings (SSSR count). The fourth-order valence-electron chi connectivity index (χ4n) is 2.36. The number of benzene rings is 2. The van der Waals surface area contributed by atoms with E-state index in [1.54, 1.807) is 30.3 Å². The van der Waals surface area contributed by atoms with Crippen molar-refractivity contribution in [2.75, 3.05) is 7.11 Å². The Bertz CT molecular complexity index is 1000. The first-order chi connectivity index (χ1) is 13.4. The summed E-state index contributed by atoms with van der Waals surface area (Å²) >= 11 is 7.31. The number of ether oxygens (including phenoxy) is 3. The van der Waals surface area contributed by atoms with Crippen molar-refractivity contribution >= 4 is 44.9 Å². The third kappa shape index (κ3) is 4.09. The molecule has 146 valence electrons. The summed E-state index contributed by atoms with van der Waals surface area (Å²) in [6.07, 6.45) is -0.103. The molecule has 1 N–H and O–H groups in total. The van der Waals surface area contributed by atoms with E-state index < -0.39 is 17.5 Å². The van der Waals surface area contributed by atoms with Gasteiger partial charge in [0.1, 0.15) is 11.5 Å². The van der Waals surface area contributed by atoms with Gasteiger partial charge in [0.25, 0.3) is 5.19 Å². The van der Waals surface area contributed by atoms with Crippen LogP contribution >= 0.6 is 22.9 Å². The van der Waals surface area contributed by atoms with Gasteiger partial charge < -0.3 is 19.3 Å². The molecule has 0 saturated heterocycles. The topological polar surface area (TPSA) is 95.0 Å². The molecule has 1 aromatic heterocycles. The van der Waals surface area contributed by atoms with Crippen LogP contribution in [0.2, 0.25) is 5.02 Å². The summed E-state index contributed by atoms with van der Waals surface area (Å²) in [7, 11) is 1.06. The van der Waals surface area contributed by atoms with Crippen LogP contribution in [0.25, 0.3) is 10.2 Å². The van der Waals surface area contributed by atoms with Crippen molar-refractivity contribution in [3.8, 4) is 16.7 Å². The van der Waals surface area contributed by atoms with Crippen molar-refractivity contribution in [2.45, 2.75) is 19.1 Å². The number of hydrogen-bond acceptors (Lipinski definition) is 8. The predicted molar refractivity (Wildman–Crippen MR) is 104 cm³/mol. The Kier molecular flexibility index (Phi) is 5.83. The maximum absolute atomic E-state index is 11.9. The highest BCUT2D eigenvalue weighted by Gasteiger charge is 2.47. The second-order valence-electron chi connectivity index (χ2n) is 5.68. The van der Waals surface area contributed by atoms with E-state index in [1.165, 1.54) is 30.4 Å². The van der Waals surface area contributed by atoms with Gasteiger partial charge in [-0.2, -0.15) is 0 Å². The summed E-state index contributed by atoms with van der Waals surface area (Å²) < 4.78 is 16.3. The monoisotopic (exact) mass is 421 g/mol. The number of halogens is 1. The molecule has 0 aliphatic carbocycles. The lowest BCUT2D eigenvalue weighted by molar-refractivity contribution is -0.199. The van der Waals surface area contributed by atoms with Gasteiger partial charge in [0.15, 0.2) is 0 Å². The molecule has 7 nitrogen and oxygen atoms in total. The number of thiazole rings is 1. The minimum Gasteiger partial charge on any atom is -0.464 e. The van der Waals surface area contributed by atoms with Gasteiger partial charge in [-0.3, -0.25) is 4.79 Å². The lowest BCUT2D eigenvalue weighted by atomic mass is 10.1. The fraction of sp³-hybridized carbons (Fsp3) is 0.211. The second kappa shape index (κ2) is 8.14. The third-order valence-electron chi connectivity index (χ3n) is 3.79. The summed E-state index contributed by atoms with van der Waals surface area (Å²) in [6.45, 7) is 1.50. The lowest BCUT2D eigenvalue weighted by Gasteiger charge is -2.24. The Morgan fingerprint density at radius 1 is 1.18 bits per heavy atom. The van der Waals surface area contributed by atoms with Gasteiger partial charge in [-0.1, -0.05) is 29.9 Å². The van der Waals surface area contributed by atoms with E-state index >= 15 is 0 Å². The van der Waals surface area contributed by atoms with Gasteiger partial charge in [0.2, 0.25) is 5.78 Å². The number of ketones is 1. The van der Waals surface area contributed by atoms with Crippen molar-refractivity contribution in [1.82, 2.24) is 4.98 Å². The average Bonchev–Trinajstić information content (AvgIpc) is 3.09. The summed E-state index contributed by atoms with van der Waals surface area (Å²) in [5.74, 6) is -4.14. The Morgan fingerprint density at radius 2 is 1.86 bits per heavy atom. The molecule has 3 aromatic rings. The zero-order valence-corrected chi connectivity index (χ0v) is 16.5. The molecule has 9 heteroatoms. The van der Waals surface area contributed by atoms with E-state index in [0.29, 0.717) is 16.0 Å². The minimum absolute atomic E-state index is 0.0955. The van der Waals surface area contributed by atoms with E-state index in [2.05, 4.69) is 9.72 Å². The number of Topliss-reactive ketones (excluding diaryl/α,β-unsaturated/α-hetero) is 1. The maximum Gasteiger partial charge on any atom is 0.387 e. The molecular formula is C19H16ClNO6S. The van der Waals surface area contributed by atoms with Crippen molar-refractivity contribution in [3.05, 3.63) is 47.5 Å². The van der Waals surface area contributed by atoms with Gasteiger partial charge >= 0.3 is 11.8 Å². The van der Waals surface area contributed by atoms with E-state index in [9.17, 15) is 14.7 Å². The number of aromatic nitrogens is 1. The first kappa shape index (κ1) is 20.1. The number of methoxy groups -OCH3 is 1. The van der Waals surface area contributed by atoms with Crippen LogP contribution in [0.5, 0.6) is 16.7 Å². The van der Waals surface area contributed by atoms with Crippen molar-refractivity contribution in [3.63, 3.8) is 0 Å². The molecule has 0 radical (unpaired) electrons. The molecule has 0 aliphatic heterocycles. The van der Waals surface area contributed by atoms with Crippen LogP contribution < -0.4 is 9.47 Å². The first-order valence-corrected chi connectivity index (χ1v) is 9.42. The highest BCUT2D eigenvalue weighted by atomic mass is 35.5. The Balaban J connectivity index is 1.76. The Labute approximate surface area is 169 Å². The van der Waals surface area contributed by atoms with E-state index in [-0.39, 0.29) is 12.2 Å². The fourth-order valence-corrected chi connectivity index (χ4v) is 3.47. The van der Waals surface area contributed by atoms with E-state index in [1.807, 2.05) is 0 Å². The number of hydrogen-bond donors (Lipinski definition) is 1. The maximum atomic E-state index is 11.9. The number of rotatable bonds is 7. The Morgan fingerprint density at radius 3 is 2.50 bits per heavy atom. The van der Waals surface area contributed by atoms with Gasteiger partial charge in [0, 0.05) is 11.4 Å². The molecule has 0 spiro atoms. The van der Waals surface area contributed by atoms with E-state index in [0.717, 1.165) is 17.3 Å².